The zero-order chi connectivity index (χ0) is 11.9. The summed E-state index contributed by atoms with van der Waals surface area (Å²) in [6.45, 7) is 3.60. The molecule has 0 saturated heterocycles. The summed E-state index contributed by atoms with van der Waals surface area (Å²) in [6, 6.07) is 0. The van der Waals surface area contributed by atoms with Gasteiger partial charge in [-0.3, -0.25) is 4.40 Å². The molecular weight excluding hydrogens is 230 g/mol. The summed E-state index contributed by atoms with van der Waals surface area (Å²) in [7, 11) is 0. The van der Waals surface area contributed by atoms with E-state index in [1.807, 2.05) is 6.92 Å². The topological polar surface area (TPSA) is 67.5 Å². The lowest BCUT2D eigenvalue weighted by atomic mass is 10.2. The third-order valence-electron chi connectivity index (χ3n) is 2.36. The van der Waals surface area contributed by atoms with Crippen LogP contribution in [0, 0.1) is 6.92 Å². The fourth-order valence-corrected chi connectivity index (χ4v) is 1.69. The Morgan fingerprint density at radius 3 is 2.81 bits per heavy atom. The molecule has 84 valence electrons. The molecule has 0 fully saturated rings. The molecule has 0 aromatic carbocycles. The van der Waals surface area contributed by atoms with Gasteiger partial charge in [-0.1, -0.05) is 18.5 Å². The molecular formula is C10H10ClN3O2. The maximum Gasteiger partial charge on any atom is 0.354 e. The van der Waals surface area contributed by atoms with Crippen molar-refractivity contribution in [1.29, 1.82) is 0 Å². The van der Waals surface area contributed by atoms with Crippen molar-refractivity contribution in [2.24, 2.45) is 0 Å². The first-order valence-corrected chi connectivity index (χ1v) is 5.19. The Morgan fingerprint density at radius 2 is 2.25 bits per heavy atom. The molecule has 0 radical (unpaired) electrons. The molecule has 6 heteroatoms. The first kappa shape index (κ1) is 10.9. The Labute approximate surface area is 96.7 Å². The molecule has 0 saturated carbocycles. The molecule has 1 N–H and O–H groups in total. The van der Waals surface area contributed by atoms with E-state index in [1.165, 1.54) is 10.6 Å². The van der Waals surface area contributed by atoms with Gasteiger partial charge in [-0.25, -0.2) is 14.8 Å². The van der Waals surface area contributed by atoms with Gasteiger partial charge in [0.05, 0.1) is 16.4 Å². The lowest BCUT2D eigenvalue weighted by molar-refractivity contribution is 0.0688. The van der Waals surface area contributed by atoms with E-state index in [1.54, 1.807) is 6.92 Å². The Bertz CT molecular complexity index is 577. The molecule has 2 heterocycles. The maximum atomic E-state index is 11.1. The van der Waals surface area contributed by atoms with Crippen LogP contribution in [0.1, 0.15) is 28.8 Å². The number of carbonyl (C=O) groups is 1. The molecule has 0 aliphatic carbocycles. The van der Waals surface area contributed by atoms with Gasteiger partial charge in [0, 0.05) is 6.20 Å². The highest BCUT2D eigenvalue weighted by molar-refractivity contribution is 6.31. The van der Waals surface area contributed by atoms with Crippen LogP contribution in [0.4, 0.5) is 0 Å². The average Bonchev–Trinajstić information content (AvgIpc) is 2.56. The van der Waals surface area contributed by atoms with Crippen LogP contribution in [-0.2, 0) is 6.42 Å². The number of imidazole rings is 1. The van der Waals surface area contributed by atoms with Crippen LogP contribution in [0.15, 0.2) is 6.20 Å². The molecule has 0 atom stereocenters. The number of aromatic nitrogens is 3. The van der Waals surface area contributed by atoms with Gasteiger partial charge >= 0.3 is 5.97 Å². The highest BCUT2D eigenvalue weighted by Crippen LogP contribution is 2.18. The van der Waals surface area contributed by atoms with Crippen LogP contribution in [0.3, 0.4) is 0 Å². The highest BCUT2D eigenvalue weighted by atomic mass is 35.5. The zero-order valence-electron chi connectivity index (χ0n) is 8.86. The minimum atomic E-state index is -1.02. The van der Waals surface area contributed by atoms with Crippen molar-refractivity contribution in [2.75, 3.05) is 0 Å². The van der Waals surface area contributed by atoms with Crippen molar-refractivity contribution in [3.63, 3.8) is 0 Å². The van der Waals surface area contributed by atoms with Crippen molar-refractivity contribution in [1.82, 2.24) is 14.4 Å². The molecule has 0 aliphatic rings. The second kappa shape index (κ2) is 3.75. The fourth-order valence-electron chi connectivity index (χ4n) is 1.55. The van der Waals surface area contributed by atoms with E-state index >= 15 is 0 Å². The van der Waals surface area contributed by atoms with Crippen molar-refractivity contribution < 1.29 is 9.90 Å². The van der Waals surface area contributed by atoms with E-state index in [0.29, 0.717) is 28.6 Å². The quantitative estimate of drug-likeness (QED) is 0.870. The smallest absolute Gasteiger partial charge is 0.354 e. The van der Waals surface area contributed by atoms with E-state index < -0.39 is 5.97 Å². The average molecular weight is 240 g/mol. The van der Waals surface area contributed by atoms with E-state index in [9.17, 15) is 4.79 Å². The van der Waals surface area contributed by atoms with E-state index in [4.69, 9.17) is 16.7 Å². The number of aryl methyl sites for hydroxylation is 2. The summed E-state index contributed by atoms with van der Waals surface area (Å²) >= 11 is 5.91. The molecule has 16 heavy (non-hydrogen) atoms. The SMILES string of the molecule is CCc1nc2nc(C)c(Cl)cn2c1C(=O)O. The Morgan fingerprint density at radius 1 is 1.56 bits per heavy atom. The van der Waals surface area contributed by atoms with Crippen molar-refractivity contribution in [3.8, 4) is 0 Å². The van der Waals surface area contributed by atoms with E-state index in [-0.39, 0.29) is 5.69 Å². The number of hydrogen-bond donors (Lipinski definition) is 1. The molecule has 2 aromatic rings. The predicted molar refractivity (Wildman–Crippen MR) is 59.1 cm³/mol. The summed E-state index contributed by atoms with van der Waals surface area (Å²) in [4.78, 5) is 19.4. The maximum absolute atomic E-state index is 11.1. The highest BCUT2D eigenvalue weighted by Gasteiger charge is 2.18. The van der Waals surface area contributed by atoms with Crippen molar-refractivity contribution in [2.45, 2.75) is 20.3 Å². The Balaban J connectivity index is 2.84. The Kier molecular flexibility index (Phi) is 2.55. The number of aromatic carboxylic acids is 1. The monoisotopic (exact) mass is 239 g/mol. The van der Waals surface area contributed by atoms with Gasteiger partial charge in [0.2, 0.25) is 5.78 Å². The first-order chi connectivity index (χ1) is 7.54. The third-order valence-corrected chi connectivity index (χ3v) is 2.73. The zero-order valence-corrected chi connectivity index (χ0v) is 9.62. The normalized spacial score (nSPS) is 10.9. The third kappa shape index (κ3) is 1.53. The largest absolute Gasteiger partial charge is 0.477 e. The number of carboxylic acid groups (broad SMARTS) is 1. The van der Waals surface area contributed by atoms with Gasteiger partial charge in [-0.15, -0.1) is 0 Å². The Hall–Kier alpha value is -1.62. The second-order valence-corrected chi connectivity index (χ2v) is 3.82. The summed E-state index contributed by atoms with van der Waals surface area (Å²) < 4.78 is 1.41. The summed E-state index contributed by atoms with van der Waals surface area (Å²) in [6.07, 6.45) is 2.08. The van der Waals surface area contributed by atoms with Gasteiger partial charge in [0.15, 0.2) is 5.69 Å². The van der Waals surface area contributed by atoms with Crippen LogP contribution >= 0.6 is 11.6 Å². The fraction of sp³-hybridized carbons (Fsp3) is 0.300. The minimum absolute atomic E-state index is 0.131. The summed E-state index contributed by atoms with van der Waals surface area (Å²) in [5.74, 6) is -0.651. The summed E-state index contributed by atoms with van der Waals surface area (Å²) in [5, 5.41) is 9.54. The molecule has 0 amide bonds. The molecule has 0 bridgehead atoms. The van der Waals surface area contributed by atoms with Gasteiger partial charge in [-0.05, 0) is 13.3 Å². The number of hydrogen-bond acceptors (Lipinski definition) is 3. The number of rotatable bonds is 2. The molecule has 5 nitrogen and oxygen atoms in total. The van der Waals surface area contributed by atoms with E-state index in [2.05, 4.69) is 9.97 Å². The molecule has 2 aromatic heterocycles. The molecule has 0 aliphatic heterocycles. The van der Waals surface area contributed by atoms with Crippen LogP contribution in [0.5, 0.6) is 0 Å². The lowest BCUT2D eigenvalue weighted by Crippen LogP contribution is -2.05. The van der Waals surface area contributed by atoms with Crippen LogP contribution < -0.4 is 0 Å². The van der Waals surface area contributed by atoms with Crippen LogP contribution in [-0.4, -0.2) is 25.4 Å². The van der Waals surface area contributed by atoms with Crippen molar-refractivity contribution in [3.05, 3.63) is 28.3 Å². The van der Waals surface area contributed by atoms with E-state index in [0.717, 1.165) is 0 Å². The second-order valence-electron chi connectivity index (χ2n) is 3.41. The van der Waals surface area contributed by atoms with Gasteiger partial charge in [0.1, 0.15) is 0 Å². The predicted octanol–water partition coefficient (Wildman–Crippen LogP) is 1.95. The lowest BCUT2D eigenvalue weighted by Gasteiger charge is -2.00. The molecule has 0 unspecified atom stereocenters. The molecule has 0 spiro atoms. The number of fused-ring (bicyclic) bond motifs is 1. The van der Waals surface area contributed by atoms with Crippen LogP contribution in [0.25, 0.3) is 5.78 Å². The first-order valence-electron chi connectivity index (χ1n) is 4.82. The summed E-state index contributed by atoms with van der Waals surface area (Å²) in [5.41, 5.74) is 1.28. The number of nitrogens with zero attached hydrogens (tertiary/aromatic N) is 3. The minimum Gasteiger partial charge on any atom is -0.477 e. The van der Waals surface area contributed by atoms with Crippen molar-refractivity contribution >= 4 is 23.3 Å². The van der Waals surface area contributed by atoms with Gasteiger partial charge < -0.3 is 5.11 Å². The van der Waals surface area contributed by atoms with Crippen LogP contribution in [0.2, 0.25) is 5.02 Å². The van der Waals surface area contributed by atoms with Gasteiger partial charge in [-0.2, -0.15) is 0 Å². The standard InChI is InChI=1S/C10H10ClN3O2/c1-3-7-8(9(15)16)14-4-6(11)5(2)12-10(14)13-7/h4H,3H2,1-2H3,(H,15,16). The van der Waals surface area contributed by atoms with Gasteiger partial charge in [0.25, 0.3) is 0 Å². The molecule has 2 rings (SSSR count). The number of carboxylic acids is 1. The number of halogens is 1.